The molecule has 1 aromatic carbocycles. The minimum atomic E-state index is -0.331. The molecule has 5 nitrogen and oxygen atoms in total. The van der Waals surface area contributed by atoms with Gasteiger partial charge in [0.15, 0.2) is 17.5 Å². The van der Waals surface area contributed by atoms with E-state index in [9.17, 15) is 4.39 Å². The summed E-state index contributed by atoms with van der Waals surface area (Å²) in [6, 6.07) is 5.04. The van der Waals surface area contributed by atoms with Gasteiger partial charge in [-0.25, -0.2) is 4.39 Å². The first-order chi connectivity index (χ1) is 11.2. The van der Waals surface area contributed by atoms with Crippen molar-refractivity contribution in [1.29, 1.82) is 0 Å². The van der Waals surface area contributed by atoms with Crippen LogP contribution >= 0.6 is 24.0 Å². The third-order valence-corrected chi connectivity index (χ3v) is 3.95. The zero-order valence-corrected chi connectivity index (χ0v) is 16.9. The lowest BCUT2D eigenvalue weighted by molar-refractivity contribution is 0.157. The second kappa shape index (κ2) is 10.7. The van der Waals surface area contributed by atoms with Crippen LogP contribution in [0.1, 0.15) is 18.9 Å². The standard InChI is InChI=1S/C17H26FN3O2.HI/c1-4-23-16-6-5-13(9-15(16)18)10-20-17(19-2)21-8-7-14(11-21)12-22-3;/h5-6,9,14H,4,7-8,10-12H2,1-3H3,(H,19,20);1H. The van der Waals surface area contributed by atoms with Crippen LogP contribution in [0.5, 0.6) is 5.75 Å². The van der Waals surface area contributed by atoms with Crippen molar-refractivity contribution in [2.75, 3.05) is 40.5 Å². The number of halogens is 2. The molecule has 0 aliphatic carbocycles. The van der Waals surface area contributed by atoms with Crippen molar-refractivity contribution in [3.63, 3.8) is 0 Å². The fourth-order valence-corrected chi connectivity index (χ4v) is 2.84. The van der Waals surface area contributed by atoms with E-state index in [0.29, 0.717) is 24.8 Å². The van der Waals surface area contributed by atoms with Gasteiger partial charge in [-0.1, -0.05) is 6.07 Å². The van der Waals surface area contributed by atoms with Crippen LogP contribution in [-0.2, 0) is 11.3 Å². The lowest BCUT2D eigenvalue weighted by Crippen LogP contribution is -2.39. The first-order valence-electron chi connectivity index (χ1n) is 8.03. The van der Waals surface area contributed by atoms with Crippen LogP contribution in [0.3, 0.4) is 0 Å². The Bertz CT molecular complexity index is 543. The molecule has 136 valence electrons. The lowest BCUT2D eigenvalue weighted by atomic mass is 10.1. The Labute approximate surface area is 160 Å². The maximum absolute atomic E-state index is 13.9. The molecule has 0 spiro atoms. The molecule has 0 bridgehead atoms. The summed E-state index contributed by atoms with van der Waals surface area (Å²) < 4.78 is 24.3. The van der Waals surface area contributed by atoms with Crippen molar-refractivity contribution in [3.8, 4) is 5.75 Å². The van der Waals surface area contributed by atoms with Crippen molar-refractivity contribution < 1.29 is 13.9 Å². The Balaban J connectivity index is 0.00000288. The van der Waals surface area contributed by atoms with E-state index in [0.717, 1.165) is 37.6 Å². The smallest absolute Gasteiger partial charge is 0.193 e. The molecule has 0 radical (unpaired) electrons. The molecule has 24 heavy (non-hydrogen) atoms. The number of hydrogen-bond donors (Lipinski definition) is 1. The quantitative estimate of drug-likeness (QED) is 0.411. The van der Waals surface area contributed by atoms with Gasteiger partial charge in [0.25, 0.3) is 0 Å². The Kier molecular flexibility index (Phi) is 9.35. The van der Waals surface area contributed by atoms with Gasteiger partial charge in [-0.05, 0) is 31.0 Å². The third-order valence-electron chi connectivity index (χ3n) is 3.95. The molecule has 1 saturated heterocycles. The van der Waals surface area contributed by atoms with Gasteiger partial charge >= 0.3 is 0 Å². The molecule has 0 saturated carbocycles. The summed E-state index contributed by atoms with van der Waals surface area (Å²) >= 11 is 0. The van der Waals surface area contributed by atoms with Gasteiger partial charge in [-0.3, -0.25) is 4.99 Å². The molecule has 0 amide bonds. The summed E-state index contributed by atoms with van der Waals surface area (Å²) in [4.78, 5) is 6.54. The summed E-state index contributed by atoms with van der Waals surface area (Å²) in [5, 5.41) is 3.30. The molecular formula is C17H27FIN3O2. The number of nitrogens with one attached hydrogen (secondary N) is 1. The molecule has 7 heteroatoms. The Morgan fingerprint density at radius 1 is 1.46 bits per heavy atom. The highest BCUT2D eigenvalue weighted by atomic mass is 127. The van der Waals surface area contributed by atoms with E-state index in [2.05, 4.69) is 15.2 Å². The molecule has 1 atom stereocenters. The fraction of sp³-hybridized carbons (Fsp3) is 0.588. The van der Waals surface area contributed by atoms with Crippen molar-refractivity contribution in [2.45, 2.75) is 19.9 Å². The number of hydrogen-bond acceptors (Lipinski definition) is 3. The van der Waals surface area contributed by atoms with Crippen LogP contribution < -0.4 is 10.1 Å². The third kappa shape index (κ3) is 5.77. The number of methoxy groups -OCH3 is 1. The average Bonchev–Trinajstić information content (AvgIpc) is 2.99. The van der Waals surface area contributed by atoms with Gasteiger partial charge in [0.2, 0.25) is 0 Å². The van der Waals surface area contributed by atoms with E-state index in [4.69, 9.17) is 9.47 Å². The van der Waals surface area contributed by atoms with Gasteiger partial charge < -0.3 is 19.7 Å². The van der Waals surface area contributed by atoms with Crippen molar-refractivity contribution >= 4 is 29.9 Å². The van der Waals surface area contributed by atoms with E-state index in [1.807, 2.05) is 13.0 Å². The number of likely N-dealkylation sites (tertiary alicyclic amines) is 1. The van der Waals surface area contributed by atoms with Gasteiger partial charge in [0, 0.05) is 39.7 Å². The minimum Gasteiger partial charge on any atom is -0.491 e. The molecule has 1 aromatic rings. The molecule has 1 heterocycles. The fourth-order valence-electron chi connectivity index (χ4n) is 2.84. The number of nitrogens with zero attached hydrogens (tertiary/aromatic N) is 2. The highest BCUT2D eigenvalue weighted by Crippen LogP contribution is 2.19. The predicted octanol–water partition coefficient (Wildman–Crippen LogP) is 2.89. The van der Waals surface area contributed by atoms with E-state index < -0.39 is 0 Å². The Morgan fingerprint density at radius 2 is 2.25 bits per heavy atom. The minimum absolute atomic E-state index is 0. The van der Waals surface area contributed by atoms with Crippen molar-refractivity contribution in [1.82, 2.24) is 10.2 Å². The van der Waals surface area contributed by atoms with Crippen LogP contribution in [-0.4, -0.2) is 51.3 Å². The SMILES string of the molecule is CCOc1ccc(CNC(=NC)N2CCC(COC)C2)cc1F.I. The zero-order valence-electron chi connectivity index (χ0n) is 14.5. The Hall–Kier alpha value is -1.09. The zero-order chi connectivity index (χ0) is 16.7. The molecule has 2 rings (SSSR count). The number of ether oxygens (including phenoxy) is 2. The van der Waals surface area contributed by atoms with Crippen LogP contribution in [0.4, 0.5) is 4.39 Å². The van der Waals surface area contributed by atoms with E-state index >= 15 is 0 Å². The van der Waals surface area contributed by atoms with Crippen LogP contribution in [0.15, 0.2) is 23.2 Å². The van der Waals surface area contributed by atoms with Crippen molar-refractivity contribution in [2.24, 2.45) is 10.9 Å². The largest absolute Gasteiger partial charge is 0.491 e. The van der Waals surface area contributed by atoms with Gasteiger partial charge in [0.05, 0.1) is 13.2 Å². The highest BCUT2D eigenvalue weighted by molar-refractivity contribution is 14.0. The lowest BCUT2D eigenvalue weighted by Gasteiger charge is -2.21. The first kappa shape index (κ1) is 21.0. The second-order valence-corrected chi connectivity index (χ2v) is 5.65. The molecule has 1 fully saturated rings. The van der Waals surface area contributed by atoms with Gasteiger partial charge in [0.1, 0.15) is 0 Å². The second-order valence-electron chi connectivity index (χ2n) is 5.65. The van der Waals surface area contributed by atoms with Gasteiger partial charge in [-0.15, -0.1) is 24.0 Å². The number of benzene rings is 1. The molecule has 1 N–H and O–H groups in total. The van der Waals surface area contributed by atoms with Crippen LogP contribution in [0.2, 0.25) is 0 Å². The van der Waals surface area contributed by atoms with Crippen LogP contribution in [0.25, 0.3) is 0 Å². The summed E-state index contributed by atoms with van der Waals surface area (Å²) in [6.45, 7) is 5.50. The normalized spacial score (nSPS) is 17.6. The van der Waals surface area contributed by atoms with Crippen molar-refractivity contribution in [3.05, 3.63) is 29.6 Å². The van der Waals surface area contributed by atoms with E-state index in [1.165, 1.54) is 6.07 Å². The number of aliphatic imine (C=N–C) groups is 1. The maximum Gasteiger partial charge on any atom is 0.193 e. The molecule has 0 aromatic heterocycles. The summed E-state index contributed by atoms with van der Waals surface area (Å²) in [6.07, 6.45) is 1.10. The summed E-state index contributed by atoms with van der Waals surface area (Å²) in [7, 11) is 3.50. The van der Waals surface area contributed by atoms with E-state index in [1.54, 1.807) is 20.2 Å². The highest BCUT2D eigenvalue weighted by Gasteiger charge is 2.24. The Morgan fingerprint density at radius 3 is 2.88 bits per heavy atom. The van der Waals surface area contributed by atoms with E-state index in [-0.39, 0.29) is 29.8 Å². The topological polar surface area (TPSA) is 46.1 Å². The molecule has 1 unspecified atom stereocenters. The number of rotatable bonds is 6. The van der Waals surface area contributed by atoms with Gasteiger partial charge in [-0.2, -0.15) is 0 Å². The number of guanidine groups is 1. The molecule has 1 aliphatic heterocycles. The molecule has 1 aliphatic rings. The molecular weight excluding hydrogens is 424 g/mol. The summed E-state index contributed by atoms with van der Waals surface area (Å²) in [5.41, 5.74) is 0.861. The predicted molar refractivity (Wildman–Crippen MR) is 105 cm³/mol. The maximum atomic E-state index is 13.9. The summed E-state index contributed by atoms with van der Waals surface area (Å²) in [5.74, 6) is 1.35. The first-order valence-corrected chi connectivity index (χ1v) is 8.03. The average molecular weight is 451 g/mol. The van der Waals surface area contributed by atoms with Crippen LogP contribution in [0, 0.1) is 11.7 Å². The monoisotopic (exact) mass is 451 g/mol.